The van der Waals surface area contributed by atoms with Gasteiger partial charge in [-0.2, -0.15) is 13.2 Å². The minimum Gasteiger partial charge on any atom is -0.351 e. The predicted molar refractivity (Wildman–Crippen MR) is 120 cm³/mol. The summed E-state index contributed by atoms with van der Waals surface area (Å²) >= 11 is 5.83. The number of anilines is 1. The Kier molecular flexibility index (Phi) is 7.14. The first kappa shape index (κ1) is 24.8. The van der Waals surface area contributed by atoms with Crippen LogP contribution in [0.3, 0.4) is 0 Å². The van der Waals surface area contributed by atoms with Crippen molar-refractivity contribution in [1.29, 1.82) is 0 Å². The molecule has 2 aromatic rings. The topological polar surface area (TPSA) is 75.2 Å². The van der Waals surface area contributed by atoms with Crippen LogP contribution in [0.15, 0.2) is 24.5 Å². The summed E-state index contributed by atoms with van der Waals surface area (Å²) in [5.74, 6) is -0.961. The molecule has 1 N–H and O–H groups in total. The van der Waals surface area contributed by atoms with Crippen molar-refractivity contribution in [2.75, 3.05) is 23.9 Å². The first-order chi connectivity index (χ1) is 16.0. The van der Waals surface area contributed by atoms with E-state index in [1.165, 1.54) is 6.07 Å². The molecule has 34 heavy (non-hydrogen) atoms. The highest BCUT2D eigenvalue weighted by molar-refractivity contribution is 7.85. The maximum Gasteiger partial charge on any atom is 0.413 e. The van der Waals surface area contributed by atoms with Gasteiger partial charge in [0.2, 0.25) is 11.9 Å². The van der Waals surface area contributed by atoms with Crippen molar-refractivity contribution in [3.05, 3.63) is 52.1 Å². The Hall–Kier alpha value is -2.27. The zero-order valence-electron chi connectivity index (χ0n) is 18.2. The van der Waals surface area contributed by atoms with Crippen molar-refractivity contribution in [2.24, 2.45) is 5.92 Å². The minimum atomic E-state index is -4.73. The molecule has 2 atom stereocenters. The number of aromatic nitrogens is 2. The van der Waals surface area contributed by atoms with Crippen LogP contribution in [0.4, 0.5) is 23.5 Å². The summed E-state index contributed by atoms with van der Waals surface area (Å²) in [6.45, 7) is 0. The first-order valence-electron chi connectivity index (χ1n) is 10.8. The van der Waals surface area contributed by atoms with Gasteiger partial charge >= 0.3 is 6.18 Å². The van der Waals surface area contributed by atoms with Gasteiger partial charge in [-0.3, -0.25) is 9.00 Å². The van der Waals surface area contributed by atoms with Crippen LogP contribution in [0.25, 0.3) is 0 Å². The van der Waals surface area contributed by atoms with E-state index < -0.39 is 40.7 Å². The number of hydrogen-bond acceptors (Lipinski definition) is 5. The number of amides is 1. The smallest absolute Gasteiger partial charge is 0.351 e. The van der Waals surface area contributed by atoms with Crippen molar-refractivity contribution in [1.82, 2.24) is 14.9 Å². The molecule has 2 aliphatic rings. The van der Waals surface area contributed by atoms with Crippen molar-refractivity contribution in [3.8, 4) is 0 Å². The third-order valence-electron chi connectivity index (χ3n) is 6.31. The lowest BCUT2D eigenvalue weighted by Gasteiger charge is -2.33. The van der Waals surface area contributed by atoms with Gasteiger partial charge in [0.05, 0.1) is 5.02 Å². The number of nitrogens with zero attached hydrogens (tertiary/aromatic N) is 3. The molecule has 12 heteroatoms. The van der Waals surface area contributed by atoms with Crippen LogP contribution in [0, 0.1) is 11.7 Å². The molecule has 0 bridgehead atoms. The molecule has 184 valence electrons. The summed E-state index contributed by atoms with van der Waals surface area (Å²) in [7, 11) is 0.0964. The second kappa shape index (κ2) is 9.77. The average molecular weight is 519 g/mol. The second-order valence-corrected chi connectivity index (χ2v) is 10.7. The molecule has 0 radical (unpaired) electrons. The number of rotatable bonds is 5. The highest BCUT2D eigenvalue weighted by Gasteiger charge is 2.47. The number of alkyl halides is 3. The summed E-state index contributed by atoms with van der Waals surface area (Å²) in [5.41, 5.74) is 1.05. The number of carbonyl (C=O) groups is 1. The summed E-state index contributed by atoms with van der Waals surface area (Å²) < 4.78 is 67.6. The summed E-state index contributed by atoms with van der Waals surface area (Å²) in [6.07, 6.45) is -1.18. The monoisotopic (exact) mass is 518 g/mol. The Morgan fingerprint density at radius 2 is 1.85 bits per heavy atom. The maximum absolute atomic E-state index is 14.2. The Morgan fingerprint density at radius 3 is 2.47 bits per heavy atom. The van der Waals surface area contributed by atoms with Gasteiger partial charge in [0.25, 0.3) is 0 Å². The number of fused-ring (bicyclic) bond motifs is 1. The summed E-state index contributed by atoms with van der Waals surface area (Å²) in [6, 6.07) is 0.810. The Balaban J connectivity index is 1.46. The molecule has 1 aliphatic heterocycles. The highest BCUT2D eigenvalue weighted by atomic mass is 35.5. The fourth-order valence-electron chi connectivity index (χ4n) is 4.56. The van der Waals surface area contributed by atoms with E-state index in [1.807, 2.05) is 0 Å². The van der Waals surface area contributed by atoms with Crippen molar-refractivity contribution >= 4 is 34.3 Å². The van der Waals surface area contributed by atoms with Gasteiger partial charge in [-0.15, -0.1) is 0 Å². The molecule has 2 heterocycles. The molecule has 1 aromatic heterocycles. The van der Waals surface area contributed by atoms with E-state index in [4.69, 9.17) is 11.6 Å². The Morgan fingerprint density at radius 1 is 1.21 bits per heavy atom. The van der Waals surface area contributed by atoms with Crippen LogP contribution < -0.4 is 5.32 Å². The maximum atomic E-state index is 14.2. The first-order valence-corrected chi connectivity index (χ1v) is 12.6. The quantitative estimate of drug-likeness (QED) is 0.604. The molecule has 6 nitrogen and oxygen atoms in total. The Labute approximate surface area is 201 Å². The summed E-state index contributed by atoms with van der Waals surface area (Å²) in [4.78, 5) is 21.5. The minimum absolute atomic E-state index is 0.0401. The van der Waals surface area contributed by atoms with Crippen molar-refractivity contribution in [2.45, 2.75) is 43.9 Å². The third kappa shape index (κ3) is 5.19. The van der Waals surface area contributed by atoms with Gasteiger partial charge in [-0.25, -0.2) is 14.4 Å². The molecular weight excluding hydrogens is 496 g/mol. The van der Waals surface area contributed by atoms with Crippen LogP contribution >= 0.6 is 11.6 Å². The van der Waals surface area contributed by atoms with E-state index in [2.05, 4.69) is 15.3 Å². The van der Waals surface area contributed by atoms with Crippen molar-refractivity contribution in [3.63, 3.8) is 0 Å². The fourth-order valence-corrected chi connectivity index (χ4v) is 6.03. The zero-order valence-corrected chi connectivity index (χ0v) is 19.8. The van der Waals surface area contributed by atoms with Gasteiger partial charge < -0.3 is 10.2 Å². The van der Waals surface area contributed by atoms with E-state index in [0.29, 0.717) is 47.7 Å². The van der Waals surface area contributed by atoms with Crippen LogP contribution in [-0.2, 0) is 28.4 Å². The highest BCUT2D eigenvalue weighted by Crippen LogP contribution is 2.38. The average Bonchev–Trinajstić information content (AvgIpc) is 3.20. The standard InChI is InChI=1S/C22H23ClF4N4O2S/c1-31(20(32)12-4-6-34(33)7-5-12)19(22(25,26)27)14-10-28-21(29-11-14)30-15-8-13-2-3-17(23)18(24)16(13)9-15/h2-3,10-12,15,19H,4-9H2,1H3,(H,28,29,30). The van der Waals surface area contributed by atoms with Gasteiger partial charge in [-0.05, 0) is 42.9 Å². The predicted octanol–water partition coefficient (Wildman–Crippen LogP) is 4.07. The lowest BCUT2D eigenvalue weighted by atomic mass is 9.99. The Bertz CT molecular complexity index is 1090. The van der Waals surface area contributed by atoms with Crippen LogP contribution in [-0.4, -0.2) is 55.8 Å². The molecule has 0 saturated carbocycles. The number of hydrogen-bond donors (Lipinski definition) is 1. The fraction of sp³-hybridized carbons (Fsp3) is 0.500. The lowest BCUT2D eigenvalue weighted by molar-refractivity contribution is -0.190. The van der Waals surface area contributed by atoms with Gasteiger partial charge in [0.1, 0.15) is 5.82 Å². The van der Waals surface area contributed by atoms with E-state index in [1.54, 1.807) is 6.07 Å². The number of benzene rings is 1. The molecule has 1 saturated heterocycles. The molecule has 1 aliphatic carbocycles. The van der Waals surface area contributed by atoms with Crippen LogP contribution in [0.5, 0.6) is 0 Å². The third-order valence-corrected chi connectivity index (χ3v) is 7.99. The molecule has 0 spiro atoms. The van der Waals surface area contributed by atoms with Crippen molar-refractivity contribution < 1.29 is 26.6 Å². The lowest BCUT2D eigenvalue weighted by Crippen LogP contribution is -2.44. The van der Waals surface area contributed by atoms with Gasteiger partial charge in [-0.1, -0.05) is 17.7 Å². The largest absolute Gasteiger partial charge is 0.413 e. The second-order valence-electron chi connectivity index (χ2n) is 8.60. The molecule has 4 rings (SSSR count). The van der Waals surface area contributed by atoms with Gasteiger partial charge in [0.15, 0.2) is 6.04 Å². The van der Waals surface area contributed by atoms with E-state index in [9.17, 15) is 26.6 Å². The van der Waals surface area contributed by atoms with Crippen LogP contribution in [0.1, 0.15) is 35.6 Å². The molecular formula is C22H23ClF4N4O2S. The SMILES string of the molecule is CN(C(=O)C1CCS(=O)CC1)C(c1cnc(NC2Cc3ccc(Cl)c(F)c3C2)nc1)C(F)(F)F. The molecule has 2 unspecified atom stereocenters. The summed E-state index contributed by atoms with van der Waals surface area (Å²) in [5, 5.41) is 3.06. The van der Waals surface area contributed by atoms with E-state index >= 15 is 0 Å². The van der Waals surface area contributed by atoms with Gasteiger partial charge in [0, 0.05) is 59.3 Å². The number of carbonyl (C=O) groups excluding carboxylic acids is 1. The number of halogens is 5. The van der Waals surface area contributed by atoms with E-state index in [0.717, 1.165) is 25.0 Å². The molecule has 1 fully saturated rings. The zero-order chi connectivity index (χ0) is 24.6. The number of nitrogens with one attached hydrogen (secondary N) is 1. The van der Waals surface area contributed by atoms with E-state index in [-0.39, 0.29) is 22.6 Å². The normalized spacial score (nSPS) is 23.3. The molecule has 1 aromatic carbocycles. The molecule has 1 amide bonds. The van der Waals surface area contributed by atoms with Crippen LogP contribution in [0.2, 0.25) is 5.02 Å².